The Hall–Kier alpha value is -2.63. The molecule has 0 atom stereocenters. The van der Waals surface area contributed by atoms with Crippen LogP contribution in [0.5, 0.6) is 0 Å². The van der Waals surface area contributed by atoms with Crippen molar-refractivity contribution in [3.8, 4) is 0 Å². The first-order valence-electron chi connectivity index (χ1n) is 6.77. The first kappa shape index (κ1) is 15.8. The number of nitrogens with one attached hydrogen (secondary N) is 1. The third-order valence-corrected chi connectivity index (χ3v) is 3.12. The summed E-state index contributed by atoms with van der Waals surface area (Å²) in [6.45, 7) is 3.80. The van der Waals surface area contributed by atoms with Crippen LogP contribution < -0.4 is 5.32 Å². The van der Waals surface area contributed by atoms with E-state index in [-0.39, 0.29) is 17.2 Å². The minimum absolute atomic E-state index is 0.0467. The zero-order valence-electron chi connectivity index (χ0n) is 12.2. The molecule has 1 aromatic carbocycles. The molecule has 22 heavy (non-hydrogen) atoms. The van der Waals surface area contributed by atoms with Crippen molar-refractivity contribution < 1.29 is 23.5 Å². The highest BCUT2D eigenvalue weighted by atomic mass is 19.1. The van der Waals surface area contributed by atoms with Gasteiger partial charge < -0.3 is 14.8 Å². The van der Waals surface area contributed by atoms with Gasteiger partial charge in [-0.1, -0.05) is 19.9 Å². The van der Waals surface area contributed by atoms with E-state index in [1.165, 1.54) is 18.4 Å². The lowest BCUT2D eigenvalue weighted by Gasteiger charge is -2.08. The number of halogens is 1. The molecular weight excluding hydrogens is 289 g/mol. The highest BCUT2D eigenvalue weighted by Crippen LogP contribution is 2.22. The quantitative estimate of drug-likeness (QED) is 0.887. The molecule has 1 amide bonds. The molecule has 2 rings (SSSR count). The molecule has 0 aliphatic heterocycles. The molecule has 0 aliphatic carbocycles. The van der Waals surface area contributed by atoms with Crippen molar-refractivity contribution in [3.63, 3.8) is 0 Å². The van der Waals surface area contributed by atoms with Crippen molar-refractivity contribution in [2.75, 3.05) is 5.32 Å². The first-order valence-corrected chi connectivity index (χ1v) is 6.77. The number of hydrogen-bond donors (Lipinski definition) is 2. The number of amides is 1. The summed E-state index contributed by atoms with van der Waals surface area (Å²) in [7, 11) is 0. The molecule has 0 spiro atoms. The molecule has 116 valence electrons. The van der Waals surface area contributed by atoms with Gasteiger partial charge in [-0.15, -0.1) is 0 Å². The van der Waals surface area contributed by atoms with Crippen LogP contribution in [0.15, 0.2) is 34.9 Å². The van der Waals surface area contributed by atoms with Crippen LogP contribution in [0.4, 0.5) is 10.1 Å². The second-order valence-corrected chi connectivity index (χ2v) is 5.18. The average molecular weight is 305 g/mol. The molecule has 0 saturated carbocycles. The Morgan fingerprint density at radius 3 is 2.64 bits per heavy atom. The summed E-state index contributed by atoms with van der Waals surface area (Å²) in [5.74, 6) is -1.58. The molecule has 6 heteroatoms. The smallest absolute Gasteiger partial charge is 0.307 e. The average Bonchev–Trinajstić information content (AvgIpc) is 2.91. The Morgan fingerprint density at radius 2 is 2.05 bits per heavy atom. The Labute approximate surface area is 126 Å². The fourth-order valence-electron chi connectivity index (χ4n) is 2.09. The van der Waals surface area contributed by atoms with Crippen LogP contribution in [0.25, 0.3) is 0 Å². The van der Waals surface area contributed by atoms with Gasteiger partial charge in [-0.2, -0.15) is 0 Å². The van der Waals surface area contributed by atoms with Gasteiger partial charge in [0.15, 0.2) is 0 Å². The molecule has 1 aromatic heterocycles. The molecule has 0 unspecified atom stereocenters. The molecule has 5 nitrogen and oxygen atoms in total. The maximum absolute atomic E-state index is 13.8. The minimum Gasteiger partial charge on any atom is -0.481 e. The second-order valence-electron chi connectivity index (χ2n) is 5.18. The summed E-state index contributed by atoms with van der Waals surface area (Å²) in [5, 5.41) is 11.2. The maximum Gasteiger partial charge on any atom is 0.307 e. The van der Waals surface area contributed by atoms with Gasteiger partial charge in [-0.3, -0.25) is 9.59 Å². The van der Waals surface area contributed by atoms with Gasteiger partial charge in [-0.25, -0.2) is 4.39 Å². The molecule has 0 aliphatic rings. The zero-order chi connectivity index (χ0) is 16.3. The summed E-state index contributed by atoms with van der Waals surface area (Å²) < 4.78 is 19.0. The van der Waals surface area contributed by atoms with Crippen LogP contribution in [0.1, 0.15) is 41.4 Å². The van der Waals surface area contributed by atoms with E-state index in [2.05, 4.69) is 5.32 Å². The van der Waals surface area contributed by atoms with Crippen LogP contribution >= 0.6 is 0 Å². The van der Waals surface area contributed by atoms with Gasteiger partial charge in [0.2, 0.25) is 0 Å². The molecule has 0 fully saturated rings. The number of rotatable bonds is 5. The predicted molar refractivity (Wildman–Crippen MR) is 78.5 cm³/mol. The van der Waals surface area contributed by atoms with E-state index < -0.39 is 24.1 Å². The van der Waals surface area contributed by atoms with Crippen LogP contribution in [-0.4, -0.2) is 17.0 Å². The Bertz CT molecular complexity index is 706. The van der Waals surface area contributed by atoms with E-state index in [9.17, 15) is 14.0 Å². The van der Waals surface area contributed by atoms with Crippen LogP contribution in [-0.2, 0) is 11.2 Å². The van der Waals surface area contributed by atoms with Gasteiger partial charge in [-0.05, 0) is 23.8 Å². The van der Waals surface area contributed by atoms with Crippen LogP contribution in [0.3, 0.4) is 0 Å². The van der Waals surface area contributed by atoms with E-state index in [1.54, 1.807) is 6.07 Å². The molecule has 2 N–H and O–H groups in total. The largest absolute Gasteiger partial charge is 0.481 e. The number of anilines is 1. The number of hydrogen-bond acceptors (Lipinski definition) is 3. The minimum atomic E-state index is -1.12. The summed E-state index contributed by atoms with van der Waals surface area (Å²) >= 11 is 0. The fraction of sp³-hybridized carbons (Fsp3) is 0.250. The van der Waals surface area contributed by atoms with Crippen molar-refractivity contribution in [2.45, 2.75) is 26.2 Å². The standard InChI is InChI=1S/C16H16FNO4/c1-9(2)15-12(5-6-22-15)16(21)18-11-4-3-10(7-14(19)20)13(17)8-11/h3-6,8-9H,7H2,1-2H3,(H,18,21)(H,19,20). The normalized spacial score (nSPS) is 10.7. The van der Waals surface area contributed by atoms with Crippen molar-refractivity contribution in [1.29, 1.82) is 0 Å². The van der Waals surface area contributed by atoms with E-state index in [4.69, 9.17) is 9.52 Å². The van der Waals surface area contributed by atoms with E-state index >= 15 is 0 Å². The summed E-state index contributed by atoms with van der Waals surface area (Å²) in [5.41, 5.74) is 0.717. The Morgan fingerprint density at radius 1 is 1.32 bits per heavy atom. The second kappa shape index (κ2) is 6.43. The number of carboxylic acid groups (broad SMARTS) is 1. The lowest BCUT2D eigenvalue weighted by molar-refractivity contribution is -0.136. The third-order valence-electron chi connectivity index (χ3n) is 3.12. The summed E-state index contributed by atoms with van der Waals surface area (Å²) in [4.78, 5) is 22.8. The number of aliphatic carboxylic acids is 1. The summed E-state index contributed by atoms with van der Waals surface area (Å²) in [6.07, 6.45) is 1.03. The van der Waals surface area contributed by atoms with Crippen molar-refractivity contribution >= 4 is 17.6 Å². The van der Waals surface area contributed by atoms with Crippen molar-refractivity contribution in [2.24, 2.45) is 0 Å². The molecule has 1 heterocycles. The van der Waals surface area contributed by atoms with Gasteiger partial charge >= 0.3 is 5.97 Å². The molecule has 0 saturated heterocycles. The van der Waals surface area contributed by atoms with E-state index in [0.717, 1.165) is 6.07 Å². The third kappa shape index (κ3) is 3.52. The number of carbonyl (C=O) groups is 2. The monoisotopic (exact) mass is 305 g/mol. The number of furan rings is 1. The number of benzene rings is 1. The van der Waals surface area contributed by atoms with E-state index in [1.807, 2.05) is 13.8 Å². The number of carboxylic acids is 1. The lowest BCUT2D eigenvalue weighted by atomic mass is 10.1. The lowest BCUT2D eigenvalue weighted by Crippen LogP contribution is -2.14. The molecule has 0 radical (unpaired) electrons. The Balaban J connectivity index is 2.17. The van der Waals surface area contributed by atoms with E-state index in [0.29, 0.717) is 11.3 Å². The zero-order valence-corrected chi connectivity index (χ0v) is 12.2. The maximum atomic E-state index is 13.8. The van der Waals surface area contributed by atoms with Crippen LogP contribution in [0.2, 0.25) is 0 Å². The summed E-state index contributed by atoms with van der Waals surface area (Å²) in [6, 6.07) is 5.47. The van der Waals surface area contributed by atoms with Crippen molar-refractivity contribution in [3.05, 3.63) is 53.2 Å². The number of carbonyl (C=O) groups excluding carboxylic acids is 1. The van der Waals surface area contributed by atoms with Crippen LogP contribution in [0, 0.1) is 5.82 Å². The Kier molecular flexibility index (Phi) is 4.60. The van der Waals surface area contributed by atoms with Gasteiger partial charge in [0.25, 0.3) is 5.91 Å². The van der Waals surface area contributed by atoms with Crippen molar-refractivity contribution in [1.82, 2.24) is 0 Å². The van der Waals surface area contributed by atoms with Gasteiger partial charge in [0.1, 0.15) is 11.6 Å². The first-order chi connectivity index (χ1) is 10.4. The predicted octanol–water partition coefficient (Wildman–Crippen LogP) is 3.42. The highest BCUT2D eigenvalue weighted by molar-refractivity contribution is 6.05. The SMILES string of the molecule is CC(C)c1occc1C(=O)Nc1ccc(CC(=O)O)c(F)c1. The molecule has 0 bridgehead atoms. The molecular formula is C16H16FNO4. The topological polar surface area (TPSA) is 79.5 Å². The van der Waals surface area contributed by atoms with Gasteiger partial charge in [0.05, 0.1) is 18.2 Å². The highest BCUT2D eigenvalue weighted by Gasteiger charge is 2.17. The van der Waals surface area contributed by atoms with Gasteiger partial charge in [0, 0.05) is 11.6 Å². The fourth-order valence-corrected chi connectivity index (χ4v) is 2.09. The molecule has 2 aromatic rings.